The molecule has 2 aliphatic rings. The molecule has 1 heterocycles. The van der Waals surface area contributed by atoms with Gasteiger partial charge in [0.2, 0.25) is 0 Å². The summed E-state index contributed by atoms with van der Waals surface area (Å²) >= 11 is 0. The zero-order chi connectivity index (χ0) is 12.8. The first-order valence-electron chi connectivity index (χ1n) is 6.33. The molecule has 1 aliphatic heterocycles. The minimum atomic E-state index is -0.959. The minimum Gasteiger partial charge on any atom is -0.454 e. The van der Waals surface area contributed by atoms with Gasteiger partial charge in [-0.1, -0.05) is 6.42 Å². The molecule has 6 nitrogen and oxygen atoms in total. The second-order valence-corrected chi connectivity index (χ2v) is 4.55. The fourth-order valence-electron chi connectivity index (χ4n) is 2.12. The van der Waals surface area contributed by atoms with Gasteiger partial charge in [-0.15, -0.1) is 0 Å². The highest BCUT2D eigenvalue weighted by Crippen LogP contribution is 2.20. The molecule has 2 fully saturated rings. The van der Waals surface area contributed by atoms with Gasteiger partial charge in [0.25, 0.3) is 0 Å². The lowest BCUT2D eigenvalue weighted by molar-refractivity contribution is -0.193. The molecule has 1 aliphatic carbocycles. The minimum absolute atomic E-state index is 0.141. The molecule has 0 aromatic rings. The van der Waals surface area contributed by atoms with Crippen molar-refractivity contribution in [1.29, 1.82) is 0 Å². The van der Waals surface area contributed by atoms with Crippen LogP contribution in [0.5, 0.6) is 0 Å². The van der Waals surface area contributed by atoms with E-state index in [0.717, 1.165) is 32.1 Å². The largest absolute Gasteiger partial charge is 0.454 e. The molecule has 1 saturated heterocycles. The standard InChI is InChI=1S/C12H18O6/c13-11(17-9-4-2-1-3-5-9)12(14)18-10-6-15-8-16-7-10/h9-10H,1-8H2. The number of rotatable bonds is 2. The molecule has 0 amide bonds. The summed E-state index contributed by atoms with van der Waals surface area (Å²) in [6.45, 7) is 0.700. The van der Waals surface area contributed by atoms with Crippen molar-refractivity contribution in [2.24, 2.45) is 0 Å². The smallest absolute Gasteiger partial charge is 0.417 e. The summed E-state index contributed by atoms with van der Waals surface area (Å²) in [5, 5.41) is 0. The van der Waals surface area contributed by atoms with Gasteiger partial charge in [-0.25, -0.2) is 9.59 Å². The van der Waals surface area contributed by atoms with Crippen LogP contribution in [0.2, 0.25) is 0 Å². The van der Waals surface area contributed by atoms with E-state index in [0.29, 0.717) is 0 Å². The summed E-state index contributed by atoms with van der Waals surface area (Å²) in [5.41, 5.74) is 0. The maximum absolute atomic E-state index is 11.5. The number of esters is 2. The third-order valence-electron chi connectivity index (χ3n) is 3.04. The monoisotopic (exact) mass is 258 g/mol. The van der Waals surface area contributed by atoms with Crippen molar-refractivity contribution in [3.05, 3.63) is 0 Å². The van der Waals surface area contributed by atoms with Gasteiger partial charge in [0.15, 0.2) is 0 Å². The van der Waals surface area contributed by atoms with Crippen molar-refractivity contribution < 1.29 is 28.5 Å². The van der Waals surface area contributed by atoms with Gasteiger partial charge in [-0.2, -0.15) is 0 Å². The molecule has 0 aromatic carbocycles. The van der Waals surface area contributed by atoms with Crippen LogP contribution in [0, 0.1) is 0 Å². The summed E-state index contributed by atoms with van der Waals surface area (Å²) in [6, 6.07) is 0. The molecule has 6 heteroatoms. The number of ether oxygens (including phenoxy) is 4. The van der Waals surface area contributed by atoms with Crippen LogP contribution in [-0.2, 0) is 28.5 Å². The summed E-state index contributed by atoms with van der Waals surface area (Å²) in [7, 11) is 0. The summed E-state index contributed by atoms with van der Waals surface area (Å²) in [4.78, 5) is 23.0. The van der Waals surface area contributed by atoms with Crippen molar-refractivity contribution in [2.45, 2.75) is 44.3 Å². The Bertz CT molecular complexity index is 261. The van der Waals surface area contributed by atoms with E-state index in [-0.39, 0.29) is 26.1 Å². The summed E-state index contributed by atoms with van der Waals surface area (Å²) in [5.74, 6) is -1.87. The van der Waals surface area contributed by atoms with Crippen molar-refractivity contribution in [3.63, 3.8) is 0 Å². The van der Waals surface area contributed by atoms with Gasteiger partial charge in [-0.05, 0) is 25.7 Å². The van der Waals surface area contributed by atoms with E-state index in [9.17, 15) is 9.59 Å². The van der Waals surface area contributed by atoms with Crippen LogP contribution in [0.25, 0.3) is 0 Å². The molecule has 102 valence electrons. The van der Waals surface area contributed by atoms with Gasteiger partial charge >= 0.3 is 11.9 Å². The van der Waals surface area contributed by atoms with Crippen LogP contribution in [0.3, 0.4) is 0 Å². The molecule has 18 heavy (non-hydrogen) atoms. The molecule has 0 spiro atoms. The predicted octanol–water partition coefficient (Wildman–Crippen LogP) is 0.778. The Morgan fingerprint density at radius 2 is 1.39 bits per heavy atom. The molecular weight excluding hydrogens is 240 g/mol. The van der Waals surface area contributed by atoms with E-state index in [1.807, 2.05) is 0 Å². The van der Waals surface area contributed by atoms with Crippen LogP contribution in [0.4, 0.5) is 0 Å². The molecule has 0 radical (unpaired) electrons. The van der Waals surface area contributed by atoms with Gasteiger partial charge in [-0.3, -0.25) is 0 Å². The van der Waals surface area contributed by atoms with Gasteiger partial charge in [0, 0.05) is 0 Å². The molecule has 0 bridgehead atoms. The van der Waals surface area contributed by atoms with E-state index in [1.54, 1.807) is 0 Å². The predicted molar refractivity (Wildman–Crippen MR) is 59.6 cm³/mol. The Hall–Kier alpha value is -1.14. The highest BCUT2D eigenvalue weighted by molar-refractivity contribution is 6.29. The van der Waals surface area contributed by atoms with E-state index in [1.165, 1.54) is 0 Å². The van der Waals surface area contributed by atoms with Gasteiger partial charge in [0.1, 0.15) is 19.0 Å². The molecular formula is C12H18O6. The average Bonchev–Trinajstić information content (AvgIpc) is 2.41. The second kappa shape index (κ2) is 6.70. The van der Waals surface area contributed by atoms with Crippen LogP contribution in [0.1, 0.15) is 32.1 Å². The number of carbonyl (C=O) groups excluding carboxylic acids is 2. The summed E-state index contributed by atoms with van der Waals surface area (Å²) in [6.07, 6.45) is 4.23. The molecule has 0 N–H and O–H groups in total. The van der Waals surface area contributed by atoms with Gasteiger partial charge < -0.3 is 18.9 Å². The maximum Gasteiger partial charge on any atom is 0.417 e. The van der Waals surface area contributed by atoms with Crippen LogP contribution in [-0.4, -0.2) is 44.2 Å². The van der Waals surface area contributed by atoms with E-state index >= 15 is 0 Å². The number of hydrogen-bond donors (Lipinski definition) is 0. The Balaban J connectivity index is 1.71. The fourth-order valence-corrected chi connectivity index (χ4v) is 2.12. The second-order valence-electron chi connectivity index (χ2n) is 4.55. The third kappa shape index (κ3) is 3.96. The average molecular weight is 258 g/mol. The highest BCUT2D eigenvalue weighted by Gasteiger charge is 2.27. The third-order valence-corrected chi connectivity index (χ3v) is 3.04. The molecule has 1 saturated carbocycles. The molecule has 0 aromatic heterocycles. The normalized spacial score (nSPS) is 22.4. The number of carbonyl (C=O) groups is 2. The lowest BCUT2D eigenvalue weighted by atomic mass is 9.98. The first kappa shape index (κ1) is 13.3. The zero-order valence-electron chi connectivity index (χ0n) is 10.3. The summed E-state index contributed by atoms with van der Waals surface area (Å²) < 4.78 is 20.0. The maximum atomic E-state index is 11.5. The Morgan fingerprint density at radius 3 is 2.00 bits per heavy atom. The van der Waals surface area contributed by atoms with Crippen molar-refractivity contribution >= 4 is 11.9 Å². The van der Waals surface area contributed by atoms with E-state index in [2.05, 4.69) is 0 Å². The van der Waals surface area contributed by atoms with E-state index in [4.69, 9.17) is 18.9 Å². The fraction of sp³-hybridized carbons (Fsp3) is 0.833. The Labute approximate surface area is 106 Å². The Kier molecular flexibility index (Phi) is 4.95. The molecule has 2 rings (SSSR count). The van der Waals surface area contributed by atoms with Crippen LogP contribution in [0.15, 0.2) is 0 Å². The Morgan fingerprint density at radius 1 is 0.833 bits per heavy atom. The first-order valence-corrected chi connectivity index (χ1v) is 6.33. The van der Waals surface area contributed by atoms with Crippen molar-refractivity contribution in [1.82, 2.24) is 0 Å². The first-order chi connectivity index (χ1) is 8.75. The zero-order valence-corrected chi connectivity index (χ0v) is 10.3. The van der Waals surface area contributed by atoms with E-state index < -0.39 is 18.0 Å². The van der Waals surface area contributed by atoms with Crippen molar-refractivity contribution in [2.75, 3.05) is 20.0 Å². The quantitative estimate of drug-likeness (QED) is 0.538. The highest BCUT2D eigenvalue weighted by atomic mass is 16.7. The lowest BCUT2D eigenvalue weighted by Crippen LogP contribution is -2.37. The topological polar surface area (TPSA) is 71.1 Å². The van der Waals surface area contributed by atoms with Crippen LogP contribution >= 0.6 is 0 Å². The SMILES string of the molecule is O=C(OC1CCCCC1)C(=O)OC1COCOC1. The van der Waals surface area contributed by atoms with Crippen LogP contribution < -0.4 is 0 Å². The van der Waals surface area contributed by atoms with Crippen molar-refractivity contribution in [3.8, 4) is 0 Å². The molecule has 0 atom stereocenters. The molecule has 0 unspecified atom stereocenters. The number of hydrogen-bond acceptors (Lipinski definition) is 6. The van der Waals surface area contributed by atoms with Gasteiger partial charge in [0.05, 0.1) is 13.2 Å². The lowest BCUT2D eigenvalue weighted by Gasteiger charge is -2.23.